The number of unbranched alkanes of at least 4 members (excludes halogenated alkanes) is 2. The lowest BCUT2D eigenvalue weighted by Gasteiger charge is -2.15. The summed E-state index contributed by atoms with van der Waals surface area (Å²) in [7, 11) is 1.73. The molecule has 39 heavy (non-hydrogen) atoms. The van der Waals surface area contributed by atoms with Gasteiger partial charge in [-0.2, -0.15) is 0 Å². The number of aryl methyl sites for hydroxylation is 3. The van der Waals surface area contributed by atoms with E-state index in [0.29, 0.717) is 30.9 Å². The third-order valence-corrected chi connectivity index (χ3v) is 7.35. The minimum Gasteiger partial charge on any atom is -0.504 e. The topological polar surface area (TPSA) is 96.7 Å². The molecule has 0 bridgehead atoms. The summed E-state index contributed by atoms with van der Waals surface area (Å²) in [5.74, 6) is 1.14. The van der Waals surface area contributed by atoms with Crippen LogP contribution in [-0.4, -0.2) is 45.4 Å². The van der Waals surface area contributed by atoms with E-state index in [4.69, 9.17) is 9.47 Å². The fourth-order valence-electron chi connectivity index (χ4n) is 5.06. The Hall–Kier alpha value is -2.77. The van der Waals surface area contributed by atoms with Gasteiger partial charge in [-0.3, -0.25) is 4.79 Å². The molecule has 0 unspecified atom stereocenters. The van der Waals surface area contributed by atoms with Gasteiger partial charge in [-0.1, -0.05) is 46.1 Å². The number of nitrogens with zero attached hydrogens (tertiary/aromatic N) is 1. The smallest absolute Gasteiger partial charge is 0.165 e. The average Bonchev–Trinajstić information content (AvgIpc) is 3.45. The lowest BCUT2D eigenvalue weighted by Crippen LogP contribution is -2.14. The molecular weight excluding hydrogens is 492 g/mol. The molecule has 0 fully saturated rings. The van der Waals surface area contributed by atoms with Crippen LogP contribution in [0, 0.1) is 5.92 Å². The van der Waals surface area contributed by atoms with Crippen molar-refractivity contribution < 1.29 is 24.5 Å². The van der Waals surface area contributed by atoms with Crippen LogP contribution < -0.4 is 4.74 Å². The fraction of sp³-hybridized carbons (Fsp3) is 0.594. The molecule has 3 N–H and O–H groups in total. The standard InChI is InChI=1S/C32H48N2O5/c1-5-6-7-10-26(35)19-27(36)14-12-24-13-16-30(37)31(18-24)39-22-34-21-28-32(29(34)15-11-23(2)3)25(20-33-28)9-8-17-38-4/h13,16,18,20-21,23,26,33,35,37H,5-12,14-15,17,19,22H2,1-4H3/t26-/m1/s1. The van der Waals surface area contributed by atoms with Crippen molar-refractivity contribution >= 4 is 16.7 Å². The Labute approximate surface area is 233 Å². The monoisotopic (exact) mass is 540 g/mol. The second kappa shape index (κ2) is 15.7. The normalized spacial score (nSPS) is 12.5. The SMILES string of the molecule is CCCCC[C@@H](O)CC(=O)CCc1ccc(O)c(OCn2cc3[nH]cc(CCCOC)c3c2CCC(C)C)c1. The zero-order chi connectivity index (χ0) is 28.2. The summed E-state index contributed by atoms with van der Waals surface area (Å²) >= 11 is 0. The molecule has 216 valence electrons. The molecule has 0 radical (unpaired) electrons. The summed E-state index contributed by atoms with van der Waals surface area (Å²) in [6.45, 7) is 7.61. The number of aliphatic hydroxyl groups excluding tert-OH is 1. The molecule has 0 saturated heterocycles. The van der Waals surface area contributed by atoms with E-state index < -0.39 is 6.10 Å². The van der Waals surface area contributed by atoms with Gasteiger partial charge >= 0.3 is 0 Å². The number of carbonyl (C=O) groups excluding carboxylic acids is 1. The van der Waals surface area contributed by atoms with E-state index in [1.165, 1.54) is 16.6 Å². The molecule has 0 aliphatic rings. The Morgan fingerprint density at radius 1 is 1.10 bits per heavy atom. The number of Topliss-reactive ketones (excluding diaryl/α,β-unsaturated/α-hetero) is 1. The number of methoxy groups -OCH3 is 1. The quantitative estimate of drug-likeness (QED) is 0.147. The number of ether oxygens (including phenoxy) is 2. The summed E-state index contributed by atoms with van der Waals surface area (Å²) < 4.78 is 13.5. The van der Waals surface area contributed by atoms with Gasteiger partial charge in [0.2, 0.25) is 0 Å². The number of aliphatic hydroxyl groups is 1. The molecule has 2 heterocycles. The van der Waals surface area contributed by atoms with Gasteiger partial charge in [-0.05, 0) is 67.7 Å². The number of H-pyrrole nitrogens is 1. The van der Waals surface area contributed by atoms with E-state index in [1.54, 1.807) is 13.2 Å². The Morgan fingerprint density at radius 2 is 1.92 bits per heavy atom. The molecule has 1 aromatic carbocycles. The van der Waals surface area contributed by atoms with E-state index in [-0.39, 0.29) is 24.7 Å². The Morgan fingerprint density at radius 3 is 2.67 bits per heavy atom. The number of ketones is 1. The highest BCUT2D eigenvalue weighted by molar-refractivity contribution is 5.86. The van der Waals surface area contributed by atoms with Crippen LogP contribution in [0.1, 0.15) is 89.0 Å². The first kappa shape index (κ1) is 30.8. The highest BCUT2D eigenvalue weighted by atomic mass is 16.5. The van der Waals surface area contributed by atoms with Crippen molar-refractivity contribution in [2.75, 3.05) is 13.7 Å². The fourth-order valence-corrected chi connectivity index (χ4v) is 5.06. The largest absolute Gasteiger partial charge is 0.504 e. The second-order valence-electron chi connectivity index (χ2n) is 11.1. The summed E-state index contributed by atoms with van der Waals surface area (Å²) in [4.78, 5) is 15.8. The predicted molar refractivity (Wildman–Crippen MR) is 156 cm³/mol. The Bertz CT molecular complexity index is 1160. The number of aromatic amines is 1. The van der Waals surface area contributed by atoms with E-state index in [0.717, 1.165) is 62.6 Å². The number of fused-ring (bicyclic) bond motifs is 1. The van der Waals surface area contributed by atoms with Gasteiger partial charge < -0.3 is 29.2 Å². The molecule has 0 spiro atoms. The van der Waals surface area contributed by atoms with Gasteiger partial charge in [-0.15, -0.1) is 0 Å². The minimum atomic E-state index is -0.555. The van der Waals surface area contributed by atoms with Gasteiger partial charge in [0.05, 0.1) is 11.6 Å². The molecule has 0 aliphatic heterocycles. The number of aromatic hydroxyl groups is 1. The first-order valence-electron chi connectivity index (χ1n) is 14.6. The van der Waals surface area contributed by atoms with E-state index >= 15 is 0 Å². The number of nitrogens with one attached hydrogen (secondary N) is 1. The maximum atomic E-state index is 12.4. The zero-order valence-electron chi connectivity index (χ0n) is 24.3. The minimum absolute atomic E-state index is 0.0630. The summed E-state index contributed by atoms with van der Waals surface area (Å²) in [6.07, 6.45) is 12.5. The molecule has 3 aromatic rings. The third kappa shape index (κ3) is 9.43. The highest BCUT2D eigenvalue weighted by Gasteiger charge is 2.17. The average molecular weight is 541 g/mol. The van der Waals surface area contributed by atoms with Crippen LogP contribution >= 0.6 is 0 Å². The number of aromatic nitrogens is 2. The number of benzene rings is 1. The van der Waals surface area contributed by atoms with Crippen molar-refractivity contribution in [3.63, 3.8) is 0 Å². The number of hydrogen-bond donors (Lipinski definition) is 3. The van der Waals surface area contributed by atoms with Crippen LogP contribution in [0.4, 0.5) is 0 Å². The van der Waals surface area contributed by atoms with Crippen LogP contribution in [-0.2, 0) is 35.5 Å². The maximum absolute atomic E-state index is 12.4. The van der Waals surface area contributed by atoms with E-state index in [9.17, 15) is 15.0 Å². The predicted octanol–water partition coefficient (Wildman–Crippen LogP) is 6.71. The van der Waals surface area contributed by atoms with Gasteiger partial charge in [0, 0.05) is 50.0 Å². The molecule has 3 rings (SSSR count). The van der Waals surface area contributed by atoms with Crippen LogP contribution in [0.15, 0.2) is 30.6 Å². The van der Waals surface area contributed by atoms with Gasteiger partial charge in [0.15, 0.2) is 18.2 Å². The third-order valence-electron chi connectivity index (χ3n) is 7.35. The summed E-state index contributed by atoms with van der Waals surface area (Å²) in [5, 5.41) is 21.9. The zero-order valence-corrected chi connectivity index (χ0v) is 24.3. The number of phenolic OH excluding ortho intramolecular Hbond substituents is 1. The molecule has 0 aliphatic carbocycles. The van der Waals surface area contributed by atoms with Gasteiger partial charge in [0.1, 0.15) is 5.78 Å². The van der Waals surface area contributed by atoms with Gasteiger partial charge in [0.25, 0.3) is 0 Å². The maximum Gasteiger partial charge on any atom is 0.165 e. The highest BCUT2D eigenvalue weighted by Crippen LogP contribution is 2.31. The molecule has 1 atom stereocenters. The number of hydrogen-bond acceptors (Lipinski definition) is 5. The number of carbonyl (C=O) groups is 1. The summed E-state index contributed by atoms with van der Waals surface area (Å²) in [6, 6.07) is 5.27. The van der Waals surface area contributed by atoms with Crippen LogP contribution in [0.5, 0.6) is 11.5 Å². The summed E-state index contributed by atoms with van der Waals surface area (Å²) in [5.41, 5.74) is 4.56. The van der Waals surface area contributed by atoms with Crippen LogP contribution in [0.2, 0.25) is 0 Å². The first-order valence-corrected chi connectivity index (χ1v) is 14.6. The van der Waals surface area contributed by atoms with Gasteiger partial charge in [-0.25, -0.2) is 0 Å². The molecule has 0 saturated carbocycles. The van der Waals surface area contributed by atoms with Crippen LogP contribution in [0.25, 0.3) is 10.9 Å². The van der Waals surface area contributed by atoms with Crippen molar-refractivity contribution in [2.24, 2.45) is 5.92 Å². The van der Waals surface area contributed by atoms with Crippen LogP contribution in [0.3, 0.4) is 0 Å². The van der Waals surface area contributed by atoms with Crippen molar-refractivity contribution in [1.29, 1.82) is 0 Å². The number of phenols is 1. The Kier molecular flexibility index (Phi) is 12.4. The second-order valence-corrected chi connectivity index (χ2v) is 11.1. The first-order chi connectivity index (χ1) is 18.8. The Balaban J connectivity index is 1.66. The molecule has 7 heteroatoms. The van der Waals surface area contributed by atoms with E-state index in [1.807, 2.05) is 12.1 Å². The lowest BCUT2D eigenvalue weighted by molar-refractivity contribution is -0.121. The van der Waals surface area contributed by atoms with Crippen molar-refractivity contribution in [2.45, 2.75) is 104 Å². The molecule has 0 amide bonds. The molecular formula is C32H48N2O5. The lowest BCUT2D eigenvalue weighted by atomic mass is 10.0. The molecule has 7 nitrogen and oxygen atoms in total. The van der Waals surface area contributed by atoms with Crippen molar-refractivity contribution in [3.8, 4) is 11.5 Å². The van der Waals surface area contributed by atoms with Crippen molar-refractivity contribution in [1.82, 2.24) is 9.55 Å². The van der Waals surface area contributed by atoms with E-state index in [2.05, 4.69) is 42.7 Å². The van der Waals surface area contributed by atoms with Crippen molar-refractivity contribution in [3.05, 3.63) is 47.4 Å². The molecule has 2 aromatic heterocycles. The number of rotatable bonds is 19.